The summed E-state index contributed by atoms with van der Waals surface area (Å²) >= 11 is 0. The van der Waals surface area contributed by atoms with Crippen LogP contribution in [0.1, 0.15) is 10.4 Å². The lowest BCUT2D eigenvalue weighted by molar-refractivity contribution is 0.0999. The number of anilines is 2. The van der Waals surface area contributed by atoms with Gasteiger partial charge in [0.25, 0.3) is 5.91 Å². The molecular formula is C22H16N2O. The molecule has 4 aromatic rings. The molecule has 25 heavy (non-hydrogen) atoms. The quantitative estimate of drug-likeness (QED) is 0.518. The second kappa shape index (κ2) is 6.57. The van der Waals surface area contributed by atoms with E-state index in [1.54, 1.807) is 11.1 Å². The smallest absolute Gasteiger partial charge is 0.264 e. The van der Waals surface area contributed by atoms with Crippen molar-refractivity contribution in [3.63, 3.8) is 0 Å². The Hall–Kier alpha value is -3.46. The van der Waals surface area contributed by atoms with Crippen LogP contribution in [0.2, 0.25) is 0 Å². The maximum absolute atomic E-state index is 13.3. The number of benzene rings is 3. The molecule has 0 aliphatic rings. The summed E-state index contributed by atoms with van der Waals surface area (Å²) in [5, 5.41) is 1.99. The molecule has 4 rings (SSSR count). The number of carbonyl (C=O) groups excluding carboxylic acids is 1. The maximum Gasteiger partial charge on any atom is 0.264 e. The SMILES string of the molecule is O=C(c1ccccc1)N(c1ccccc1)c1nccc2ccccc12. The maximum atomic E-state index is 13.3. The fourth-order valence-electron chi connectivity index (χ4n) is 2.90. The summed E-state index contributed by atoms with van der Waals surface area (Å²) < 4.78 is 0. The zero-order chi connectivity index (χ0) is 17.1. The van der Waals surface area contributed by atoms with E-state index in [-0.39, 0.29) is 5.91 Å². The van der Waals surface area contributed by atoms with E-state index in [0.29, 0.717) is 11.4 Å². The van der Waals surface area contributed by atoms with Crippen LogP contribution in [0.15, 0.2) is 97.2 Å². The molecule has 0 N–H and O–H groups in total. The highest BCUT2D eigenvalue weighted by Gasteiger charge is 2.22. The van der Waals surface area contributed by atoms with Crippen molar-refractivity contribution in [1.82, 2.24) is 4.98 Å². The average Bonchev–Trinajstić information content (AvgIpc) is 2.70. The molecule has 3 nitrogen and oxygen atoms in total. The lowest BCUT2D eigenvalue weighted by Crippen LogP contribution is -2.27. The first-order valence-electron chi connectivity index (χ1n) is 8.13. The molecule has 1 aromatic heterocycles. The largest absolute Gasteiger partial charge is 0.268 e. The van der Waals surface area contributed by atoms with Crippen molar-refractivity contribution in [3.8, 4) is 0 Å². The molecule has 0 radical (unpaired) electrons. The molecule has 0 saturated carbocycles. The summed E-state index contributed by atoms with van der Waals surface area (Å²) in [6.45, 7) is 0. The molecule has 0 atom stereocenters. The van der Waals surface area contributed by atoms with Crippen LogP contribution < -0.4 is 4.90 Å². The molecule has 0 unspecified atom stereocenters. The van der Waals surface area contributed by atoms with Crippen molar-refractivity contribution >= 4 is 28.2 Å². The zero-order valence-electron chi connectivity index (χ0n) is 13.5. The number of para-hydroxylation sites is 1. The molecular weight excluding hydrogens is 308 g/mol. The number of rotatable bonds is 3. The van der Waals surface area contributed by atoms with E-state index in [1.807, 2.05) is 91.0 Å². The minimum atomic E-state index is -0.101. The van der Waals surface area contributed by atoms with Crippen LogP contribution in [0.25, 0.3) is 10.8 Å². The van der Waals surface area contributed by atoms with Gasteiger partial charge >= 0.3 is 0 Å². The van der Waals surface area contributed by atoms with Gasteiger partial charge in [-0.05, 0) is 35.7 Å². The normalized spacial score (nSPS) is 10.6. The number of carbonyl (C=O) groups is 1. The van der Waals surface area contributed by atoms with Crippen molar-refractivity contribution in [2.75, 3.05) is 4.90 Å². The molecule has 0 saturated heterocycles. The van der Waals surface area contributed by atoms with Crippen LogP contribution in [0.3, 0.4) is 0 Å². The molecule has 0 aliphatic carbocycles. The monoisotopic (exact) mass is 324 g/mol. The first-order valence-corrected chi connectivity index (χ1v) is 8.13. The minimum Gasteiger partial charge on any atom is -0.268 e. The number of hydrogen-bond acceptors (Lipinski definition) is 2. The van der Waals surface area contributed by atoms with Gasteiger partial charge in [-0.2, -0.15) is 0 Å². The molecule has 1 amide bonds. The standard InChI is InChI=1S/C22H16N2O/c25-22(18-10-3-1-4-11-18)24(19-12-5-2-6-13-19)21-20-14-8-7-9-17(20)15-16-23-21/h1-16H. The number of pyridine rings is 1. The Morgan fingerprint density at radius 3 is 2.12 bits per heavy atom. The van der Waals surface area contributed by atoms with Crippen molar-refractivity contribution in [3.05, 3.63) is 103 Å². The van der Waals surface area contributed by atoms with E-state index in [9.17, 15) is 4.79 Å². The van der Waals surface area contributed by atoms with Gasteiger partial charge in [0.2, 0.25) is 0 Å². The Kier molecular flexibility index (Phi) is 3.97. The molecule has 0 spiro atoms. The number of fused-ring (bicyclic) bond motifs is 1. The van der Waals surface area contributed by atoms with E-state index in [1.165, 1.54) is 0 Å². The van der Waals surface area contributed by atoms with Crippen molar-refractivity contribution in [2.45, 2.75) is 0 Å². The third kappa shape index (κ3) is 2.88. The van der Waals surface area contributed by atoms with Crippen LogP contribution in [0, 0.1) is 0 Å². The topological polar surface area (TPSA) is 33.2 Å². The van der Waals surface area contributed by atoms with Gasteiger partial charge in [0.1, 0.15) is 5.82 Å². The Morgan fingerprint density at radius 1 is 0.720 bits per heavy atom. The second-order valence-electron chi connectivity index (χ2n) is 5.70. The zero-order valence-corrected chi connectivity index (χ0v) is 13.5. The molecule has 1 heterocycles. The Morgan fingerprint density at radius 2 is 1.36 bits per heavy atom. The third-order valence-electron chi connectivity index (χ3n) is 4.10. The van der Waals surface area contributed by atoms with E-state index >= 15 is 0 Å². The average molecular weight is 324 g/mol. The molecule has 3 aromatic carbocycles. The Labute approximate surface area is 146 Å². The predicted molar refractivity (Wildman–Crippen MR) is 101 cm³/mol. The van der Waals surface area contributed by atoms with Crippen LogP contribution in [0.5, 0.6) is 0 Å². The lowest BCUT2D eigenvalue weighted by atomic mass is 10.1. The second-order valence-corrected chi connectivity index (χ2v) is 5.70. The molecule has 3 heteroatoms. The summed E-state index contributed by atoms with van der Waals surface area (Å²) in [4.78, 5) is 19.5. The van der Waals surface area contributed by atoms with Gasteiger partial charge in [0, 0.05) is 17.1 Å². The van der Waals surface area contributed by atoms with Gasteiger partial charge in [-0.3, -0.25) is 9.69 Å². The van der Waals surface area contributed by atoms with Crippen LogP contribution in [-0.4, -0.2) is 10.9 Å². The number of amides is 1. The Balaban J connectivity index is 1.93. The van der Waals surface area contributed by atoms with Gasteiger partial charge in [0.05, 0.1) is 5.69 Å². The van der Waals surface area contributed by atoms with E-state index < -0.39 is 0 Å². The highest BCUT2D eigenvalue weighted by molar-refractivity contribution is 6.14. The Bertz CT molecular complexity index is 1010. The number of nitrogens with zero attached hydrogens (tertiary/aromatic N) is 2. The van der Waals surface area contributed by atoms with Crippen LogP contribution in [0.4, 0.5) is 11.5 Å². The molecule has 0 bridgehead atoms. The van der Waals surface area contributed by atoms with Crippen LogP contribution in [-0.2, 0) is 0 Å². The summed E-state index contributed by atoms with van der Waals surface area (Å²) in [5.41, 5.74) is 1.42. The summed E-state index contributed by atoms with van der Waals surface area (Å²) in [6, 6.07) is 28.8. The lowest BCUT2D eigenvalue weighted by Gasteiger charge is -2.23. The fraction of sp³-hybridized carbons (Fsp3) is 0. The fourth-order valence-corrected chi connectivity index (χ4v) is 2.90. The van der Waals surface area contributed by atoms with Gasteiger partial charge in [0.15, 0.2) is 0 Å². The van der Waals surface area contributed by atoms with Gasteiger partial charge in [-0.15, -0.1) is 0 Å². The number of hydrogen-bond donors (Lipinski definition) is 0. The summed E-state index contributed by atoms with van der Waals surface area (Å²) in [6.07, 6.45) is 1.74. The first-order chi connectivity index (χ1) is 12.3. The van der Waals surface area contributed by atoms with E-state index in [4.69, 9.17) is 0 Å². The van der Waals surface area contributed by atoms with Crippen molar-refractivity contribution in [1.29, 1.82) is 0 Å². The highest BCUT2D eigenvalue weighted by Crippen LogP contribution is 2.31. The molecule has 120 valence electrons. The number of aromatic nitrogens is 1. The van der Waals surface area contributed by atoms with Gasteiger partial charge < -0.3 is 0 Å². The summed E-state index contributed by atoms with van der Waals surface area (Å²) in [7, 11) is 0. The molecule has 0 fully saturated rings. The van der Waals surface area contributed by atoms with E-state index in [2.05, 4.69) is 4.98 Å². The van der Waals surface area contributed by atoms with Gasteiger partial charge in [-0.25, -0.2) is 4.98 Å². The minimum absolute atomic E-state index is 0.101. The van der Waals surface area contributed by atoms with Crippen molar-refractivity contribution < 1.29 is 4.79 Å². The first kappa shape index (κ1) is 15.1. The van der Waals surface area contributed by atoms with Gasteiger partial charge in [-0.1, -0.05) is 60.7 Å². The predicted octanol–water partition coefficient (Wildman–Crippen LogP) is 5.21. The van der Waals surface area contributed by atoms with Crippen molar-refractivity contribution in [2.24, 2.45) is 0 Å². The van der Waals surface area contributed by atoms with Crippen LogP contribution >= 0.6 is 0 Å². The third-order valence-corrected chi connectivity index (χ3v) is 4.10. The van der Waals surface area contributed by atoms with E-state index in [0.717, 1.165) is 16.5 Å². The molecule has 0 aliphatic heterocycles. The summed E-state index contributed by atoms with van der Waals surface area (Å²) in [5.74, 6) is 0.536. The highest BCUT2D eigenvalue weighted by atomic mass is 16.2.